The summed E-state index contributed by atoms with van der Waals surface area (Å²) in [5.74, 6) is 0. The fourth-order valence-corrected chi connectivity index (χ4v) is 4.74. The number of rotatable bonds is 3. The standard InChI is InChI=1S/C19H28ClN3O/c1-14-11-23-12-16(10-17(23)13-24-14)21-15-6-8-22(9-7-15)19-5-3-2-4-18(19)20/h2-5,14-17,21H,6-13H2,1H3/t14-,16+,17-/m0/s1. The molecule has 3 atom stereocenters. The van der Waals surface area contributed by atoms with Crippen LogP contribution in [0.25, 0.3) is 0 Å². The Hall–Kier alpha value is -0.810. The van der Waals surface area contributed by atoms with Crippen molar-refractivity contribution in [2.45, 2.75) is 50.4 Å². The van der Waals surface area contributed by atoms with Crippen LogP contribution in [0.1, 0.15) is 26.2 Å². The van der Waals surface area contributed by atoms with Crippen molar-refractivity contribution in [3.05, 3.63) is 29.3 Å². The van der Waals surface area contributed by atoms with E-state index in [1.165, 1.54) is 31.5 Å². The molecule has 0 aromatic heterocycles. The minimum absolute atomic E-state index is 0.388. The molecule has 0 bridgehead atoms. The SMILES string of the molecule is C[C@H]1CN2C[C@H](NC3CCN(c4ccccc4Cl)CC3)C[C@H]2CO1. The second-order valence-corrected chi connectivity index (χ2v) is 7.97. The van der Waals surface area contributed by atoms with Gasteiger partial charge in [-0.1, -0.05) is 23.7 Å². The molecule has 0 saturated carbocycles. The molecular formula is C19H28ClN3O. The Balaban J connectivity index is 1.27. The monoisotopic (exact) mass is 349 g/mol. The highest BCUT2D eigenvalue weighted by Gasteiger charge is 2.37. The van der Waals surface area contributed by atoms with Crippen molar-refractivity contribution in [3.8, 4) is 0 Å². The lowest BCUT2D eigenvalue weighted by Gasteiger charge is -2.35. The second-order valence-electron chi connectivity index (χ2n) is 7.56. The third kappa shape index (κ3) is 3.57. The third-order valence-corrected chi connectivity index (χ3v) is 6.07. The van der Waals surface area contributed by atoms with E-state index >= 15 is 0 Å². The quantitative estimate of drug-likeness (QED) is 0.908. The van der Waals surface area contributed by atoms with Gasteiger partial charge in [0, 0.05) is 44.3 Å². The first-order valence-electron chi connectivity index (χ1n) is 9.30. The van der Waals surface area contributed by atoms with Crippen molar-refractivity contribution in [3.63, 3.8) is 0 Å². The maximum absolute atomic E-state index is 6.34. The minimum Gasteiger partial charge on any atom is -0.376 e. The number of fused-ring (bicyclic) bond motifs is 1. The van der Waals surface area contributed by atoms with Gasteiger partial charge in [-0.2, -0.15) is 0 Å². The fourth-order valence-electron chi connectivity index (χ4n) is 4.49. The van der Waals surface area contributed by atoms with Gasteiger partial charge in [-0.3, -0.25) is 4.90 Å². The number of hydrogen-bond acceptors (Lipinski definition) is 4. The molecule has 132 valence electrons. The number of piperidine rings is 1. The zero-order valence-corrected chi connectivity index (χ0v) is 15.2. The Labute approximate surface area is 150 Å². The van der Waals surface area contributed by atoms with Crippen LogP contribution in [0.4, 0.5) is 5.69 Å². The highest BCUT2D eigenvalue weighted by Crippen LogP contribution is 2.29. The molecule has 0 aliphatic carbocycles. The van der Waals surface area contributed by atoms with Crippen LogP contribution in [0.15, 0.2) is 24.3 Å². The molecule has 1 aromatic rings. The van der Waals surface area contributed by atoms with Gasteiger partial charge in [0.15, 0.2) is 0 Å². The molecule has 3 fully saturated rings. The molecule has 4 rings (SSSR count). The summed E-state index contributed by atoms with van der Waals surface area (Å²) < 4.78 is 5.82. The van der Waals surface area contributed by atoms with Crippen LogP contribution < -0.4 is 10.2 Å². The van der Waals surface area contributed by atoms with E-state index in [1.54, 1.807) is 0 Å². The molecule has 3 aliphatic rings. The summed E-state index contributed by atoms with van der Waals surface area (Å²) in [6.45, 7) is 7.53. The molecule has 3 aliphatic heterocycles. The molecular weight excluding hydrogens is 322 g/mol. The second kappa shape index (κ2) is 7.20. The first-order chi connectivity index (χ1) is 11.7. The molecule has 0 spiro atoms. The molecule has 0 amide bonds. The molecule has 0 radical (unpaired) electrons. The average Bonchev–Trinajstić information content (AvgIpc) is 2.97. The van der Waals surface area contributed by atoms with Crippen LogP contribution in [0.2, 0.25) is 5.02 Å². The first kappa shape index (κ1) is 16.6. The Morgan fingerprint density at radius 3 is 2.71 bits per heavy atom. The number of nitrogens with one attached hydrogen (secondary N) is 1. The molecule has 4 nitrogen and oxygen atoms in total. The molecule has 24 heavy (non-hydrogen) atoms. The summed E-state index contributed by atoms with van der Waals surface area (Å²) in [5.41, 5.74) is 1.18. The molecule has 3 saturated heterocycles. The van der Waals surface area contributed by atoms with Crippen LogP contribution in [0.3, 0.4) is 0 Å². The van der Waals surface area contributed by atoms with Gasteiger partial charge >= 0.3 is 0 Å². The summed E-state index contributed by atoms with van der Waals surface area (Å²) >= 11 is 6.34. The smallest absolute Gasteiger partial charge is 0.0674 e. The lowest BCUT2D eigenvalue weighted by Crippen LogP contribution is -2.47. The summed E-state index contributed by atoms with van der Waals surface area (Å²) in [7, 11) is 0. The van der Waals surface area contributed by atoms with E-state index in [4.69, 9.17) is 16.3 Å². The van der Waals surface area contributed by atoms with Gasteiger partial charge < -0.3 is 15.0 Å². The summed E-state index contributed by atoms with van der Waals surface area (Å²) in [6, 6.07) is 10.1. The average molecular weight is 350 g/mol. The Morgan fingerprint density at radius 1 is 1.12 bits per heavy atom. The van der Waals surface area contributed by atoms with Crippen molar-refractivity contribution in [1.29, 1.82) is 0 Å². The third-order valence-electron chi connectivity index (χ3n) is 5.75. The number of para-hydroxylation sites is 1. The summed E-state index contributed by atoms with van der Waals surface area (Å²) in [5, 5.41) is 4.79. The predicted molar refractivity (Wildman–Crippen MR) is 99.0 cm³/mol. The lowest BCUT2D eigenvalue weighted by atomic mass is 10.0. The maximum atomic E-state index is 6.34. The number of nitrogens with zero attached hydrogens (tertiary/aromatic N) is 2. The number of benzene rings is 1. The summed E-state index contributed by atoms with van der Waals surface area (Å²) in [6.07, 6.45) is 4.01. The van der Waals surface area contributed by atoms with Gasteiger partial charge in [-0.15, -0.1) is 0 Å². The Kier molecular flexibility index (Phi) is 5.00. The summed E-state index contributed by atoms with van der Waals surface area (Å²) in [4.78, 5) is 5.04. The van der Waals surface area contributed by atoms with Crippen molar-refractivity contribution in [1.82, 2.24) is 10.2 Å². The van der Waals surface area contributed by atoms with Crippen molar-refractivity contribution >= 4 is 17.3 Å². The van der Waals surface area contributed by atoms with Gasteiger partial charge in [0.2, 0.25) is 0 Å². The van der Waals surface area contributed by atoms with Gasteiger partial charge in [0.1, 0.15) is 0 Å². The Morgan fingerprint density at radius 2 is 1.92 bits per heavy atom. The molecule has 1 aromatic carbocycles. The number of morpholine rings is 1. The molecule has 3 heterocycles. The maximum Gasteiger partial charge on any atom is 0.0674 e. The Bertz CT molecular complexity index is 561. The number of halogens is 1. The van der Waals surface area contributed by atoms with Gasteiger partial charge in [0.25, 0.3) is 0 Å². The zero-order valence-electron chi connectivity index (χ0n) is 14.5. The van der Waals surface area contributed by atoms with Crippen LogP contribution >= 0.6 is 11.6 Å². The molecule has 0 unspecified atom stereocenters. The van der Waals surface area contributed by atoms with E-state index in [0.29, 0.717) is 24.2 Å². The largest absolute Gasteiger partial charge is 0.376 e. The van der Waals surface area contributed by atoms with Crippen LogP contribution in [0.5, 0.6) is 0 Å². The molecule has 1 N–H and O–H groups in total. The van der Waals surface area contributed by atoms with E-state index in [9.17, 15) is 0 Å². The van der Waals surface area contributed by atoms with Crippen molar-refractivity contribution < 1.29 is 4.74 Å². The van der Waals surface area contributed by atoms with E-state index in [1.807, 2.05) is 12.1 Å². The normalized spacial score (nSPS) is 32.1. The highest BCUT2D eigenvalue weighted by molar-refractivity contribution is 6.33. The van der Waals surface area contributed by atoms with E-state index < -0.39 is 0 Å². The zero-order chi connectivity index (χ0) is 16.5. The van der Waals surface area contributed by atoms with Crippen molar-refractivity contribution in [2.24, 2.45) is 0 Å². The minimum atomic E-state index is 0.388. The number of anilines is 1. The van der Waals surface area contributed by atoms with Gasteiger partial charge in [-0.25, -0.2) is 0 Å². The van der Waals surface area contributed by atoms with Crippen LogP contribution in [-0.4, -0.2) is 61.9 Å². The van der Waals surface area contributed by atoms with E-state index in [0.717, 1.165) is 31.3 Å². The predicted octanol–water partition coefficient (Wildman–Crippen LogP) is 2.76. The fraction of sp³-hybridized carbons (Fsp3) is 0.684. The van der Waals surface area contributed by atoms with Gasteiger partial charge in [-0.05, 0) is 38.3 Å². The number of hydrogen-bond donors (Lipinski definition) is 1. The topological polar surface area (TPSA) is 27.7 Å². The first-order valence-corrected chi connectivity index (χ1v) is 9.68. The van der Waals surface area contributed by atoms with E-state index in [2.05, 4.69) is 34.2 Å². The molecule has 5 heteroatoms. The number of ether oxygens (including phenoxy) is 1. The van der Waals surface area contributed by atoms with Gasteiger partial charge in [0.05, 0.1) is 23.4 Å². The van der Waals surface area contributed by atoms with Crippen LogP contribution in [-0.2, 0) is 4.74 Å². The highest BCUT2D eigenvalue weighted by atomic mass is 35.5. The lowest BCUT2D eigenvalue weighted by molar-refractivity contribution is -0.0390. The van der Waals surface area contributed by atoms with Crippen LogP contribution in [0, 0.1) is 0 Å². The van der Waals surface area contributed by atoms with Crippen molar-refractivity contribution in [2.75, 3.05) is 37.7 Å². The van der Waals surface area contributed by atoms with E-state index in [-0.39, 0.29) is 0 Å².